The Bertz CT molecular complexity index is 1470. The summed E-state index contributed by atoms with van der Waals surface area (Å²) in [5.74, 6) is -0.476. The number of allylic oxidation sites excluding steroid dienone is 2. The Hall–Kier alpha value is -2.99. The van der Waals surface area contributed by atoms with Gasteiger partial charge < -0.3 is 5.11 Å². The number of amidine groups is 1. The van der Waals surface area contributed by atoms with Crippen LogP contribution in [-0.2, 0) is 4.79 Å². The van der Waals surface area contributed by atoms with Crippen molar-refractivity contribution >= 4 is 58.0 Å². The Balaban J connectivity index is 1.83. The van der Waals surface area contributed by atoms with Crippen LogP contribution in [0.25, 0.3) is 5.76 Å². The van der Waals surface area contributed by atoms with Crippen molar-refractivity contribution in [2.24, 2.45) is 5.41 Å². The molecule has 0 amide bonds. The van der Waals surface area contributed by atoms with Gasteiger partial charge in [0, 0.05) is 55.4 Å². The van der Waals surface area contributed by atoms with Crippen molar-refractivity contribution < 1.29 is 9.90 Å². The molecule has 0 fully saturated rings. The van der Waals surface area contributed by atoms with Gasteiger partial charge in [-0.05, 0) is 84.3 Å². The number of Topliss-reactive ketones (excluding diaryl/α,β-unsaturated/α-hetero) is 1. The van der Waals surface area contributed by atoms with E-state index in [1.807, 2.05) is 42.7 Å². The Morgan fingerprint density at radius 2 is 1.53 bits per heavy atom. The number of anilines is 1. The van der Waals surface area contributed by atoms with E-state index >= 15 is 0 Å². The van der Waals surface area contributed by atoms with Crippen LogP contribution in [-0.4, -0.2) is 23.0 Å². The predicted molar refractivity (Wildman–Crippen MR) is 159 cm³/mol. The standard InChI is InChI=1S/C31H28Cl2N2O2S/c1-31(2)16-24-27(25(36)17-31)26(18-6-14-23(38-3)15-7-18)28(29(37)19-4-8-20(32)9-5-19)30(34)35(24)22-12-10-21(33)11-13-22/h4-15,26,34,37H,16-17H2,1-3H3/b29-28+,34-30?. The number of aliphatic hydroxyl groups excluding tert-OH is 1. The van der Waals surface area contributed by atoms with Gasteiger partial charge in [0.15, 0.2) is 5.78 Å². The summed E-state index contributed by atoms with van der Waals surface area (Å²) in [5.41, 5.74) is 3.64. The summed E-state index contributed by atoms with van der Waals surface area (Å²) in [7, 11) is 0. The summed E-state index contributed by atoms with van der Waals surface area (Å²) in [6.45, 7) is 4.16. The fourth-order valence-corrected chi connectivity index (χ4v) is 6.04. The quantitative estimate of drug-likeness (QED) is 0.246. The van der Waals surface area contributed by atoms with E-state index in [-0.39, 0.29) is 22.8 Å². The number of aliphatic hydroxyl groups is 1. The first-order valence-electron chi connectivity index (χ1n) is 12.3. The summed E-state index contributed by atoms with van der Waals surface area (Å²) in [6, 6.07) is 22.1. The molecule has 1 heterocycles. The van der Waals surface area contributed by atoms with Crippen molar-refractivity contribution in [2.75, 3.05) is 11.2 Å². The monoisotopic (exact) mass is 562 g/mol. The number of nitrogens with one attached hydrogen (secondary N) is 1. The molecule has 1 atom stereocenters. The van der Waals surface area contributed by atoms with Gasteiger partial charge in [0.1, 0.15) is 11.6 Å². The van der Waals surface area contributed by atoms with Crippen LogP contribution >= 0.6 is 35.0 Å². The molecule has 0 spiro atoms. The highest BCUT2D eigenvalue weighted by molar-refractivity contribution is 7.98. The van der Waals surface area contributed by atoms with Crippen molar-refractivity contribution in [3.8, 4) is 0 Å². The molecule has 3 aromatic rings. The second-order valence-electron chi connectivity index (χ2n) is 10.4. The molecule has 2 N–H and O–H groups in total. The summed E-state index contributed by atoms with van der Waals surface area (Å²) in [6.07, 6.45) is 3.02. The van der Waals surface area contributed by atoms with E-state index in [0.29, 0.717) is 39.6 Å². The molecular weight excluding hydrogens is 535 g/mol. The van der Waals surface area contributed by atoms with Gasteiger partial charge in [0.05, 0.1) is 0 Å². The second kappa shape index (κ2) is 10.3. The number of carbonyl (C=O) groups is 1. The minimum Gasteiger partial charge on any atom is -0.507 e. The lowest BCUT2D eigenvalue weighted by atomic mass is 9.67. The molecule has 3 aromatic carbocycles. The zero-order valence-electron chi connectivity index (χ0n) is 21.4. The Kier molecular flexibility index (Phi) is 7.21. The third-order valence-electron chi connectivity index (χ3n) is 7.13. The van der Waals surface area contributed by atoms with E-state index in [0.717, 1.165) is 21.8 Å². The van der Waals surface area contributed by atoms with Crippen molar-refractivity contribution in [1.29, 1.82) is 5.41 Å². The lowest BCUT2D eigenvalue weighted by Crippen LogP contribution is -2.45. The summed E-state index contributed by atoms with van der Waals surface area (Å²) in [4.78, 5) is 16.8. The van der Waals surface area contributed by atoms with Gasteiger partial charge in [-0.25, -0.2) is 0 Å². The van der Waals surface area contributed by atoms with Crippen LogP contribution in [0.1, 0.15) is 43.7 Å². The van der Waals surface area contributed by atoms with Crippen LogP contribution in [0.5, 0.6) is 0 Å². The average Bonchev–Trinajstić information content (AvgIpc) is 2.88. The molecule has 1 aliphatic carbocycles. The number of carbonyl (C=O) groups excluding carboxylic acids is 1. The first kappa shape index (κ1) is 26.6. The molecule has 2 aliphatic rings. The van der Waals surface area contributed by atoms with Crippen molar-refractivity contribution in [3.63, 3.8) is 0 Å². The van der Waals surface area contributed by atoms with E-state index in [4.69, 9.17) is 23.2 Å². The van der Waals surface area contributed by atoms with Crippen LogP contribution in [0.4, 0.5) is 5.69 Å². The molecule has 0 bridgehead atoms. The normalized spacial score (nSPS) is 20.4. The molecule has 0 radical (unpaired) electrons. The molecular formula is C31H28Cl2N2O2S. The lowest BCUT2D eigenvalue weighted by molar-refractivity contribution is -0.118. The van der Waals surface area contributed by atoms with Gasteiger partial charge in [0.2, 0.25) is 0 Å². The average molecular weight is 564 g/mol. The second-order valence-corrected chi connectivity index (χ2v) is 12.2. The minimum atomic E-state index is -0.587. The van der Waals surface area contributed by atoms with E-state index in [9.17, 15) is 15.3 Å². The SMILES string of the molecule is CSc1ccc(C2C3=C(CC(C)(C)CC3=O)N(c3ccc(Cl)cc3)C(=N)/C2=C(/O)c2ccc(Cl)cc2)cc1. The van der Waals surface area contributed by atoms with Gasteiger partial charge in [-0.2, -0.15) is 0 Å². The number of hydrogen-bond acceptors (Lipinski definition) is 4. The smallest absolute Gasteiger partial charge is 0.162 e. The third-order valence-corrected chi connectivity index (χ3v) is 8.38. The van der Waals surface area contributed by atoms with Crippen molar-refractivity contribution in [3.05, 3.63) is 111 Å². The number of hydrogen-bond donors (Lipinski definition) is 2. The molecule has 0 saturated heterocycles. The molecule has 38 heavy (non-hydrogen) atoms. The number of benzene rings is 3. The Morgan fingerprint density at radius 1 is 0.947 bits per heavy atom. The third kappa shape index (κ3) is 4.91. The van der Waals surface area contributed by atoms with Gasteiger partial charge in [-0.1, -0.05) is 49.2 Å². The molecule has 194 valence electrons. The number of nitrogens with zero attached hydrogens (tertiary/aromatic N) is 1. The van der Waals surface area contributed by atoms with Gasteiger partial charge >= 0.3 is 0 Å². The first-order chi connectivity index (χ1) is 18.1. The maximum Gasteiger partial charge on any atom is 0.162 e. The Morgan fingerprint density at radius 3 is 2.11 bits per heavy atom. The maximum absolute atomic E-state index is 13.9. The Labute approximate surface area is 237 Å². The fourth-order valence-electron chi connectivity index (χ4n) is 5.38. The molecule has 1 unspecified atom stereocenters. The largest absolute Gasteiger partial charge is 0.507 e. The van der Waals surface area contributed by atoms with E-state index < -0.39 is 5.92 Å². The number of halogens is 2. The van der Waals surface area contributed by atoms with Crippen LogP contribution < -0.4 is 4.90 Å². The zero-order chi connectivity index (χ0) is 27.2. The predicted octanol–water partition coefficient (Wildman–Crippen LogP) is 8.91. The highest BCUT2D eigenvalue weighted by Crippen LogP contribution is 2.51. The number of thioether (sulfide) groups is 1. The van der Waals surface area contributed by atoms with Crippen LogP contribution in [0.3, 0.4) is 0 Å². The van der Waals surface area contributed by atoms with Crippen molar-refractivity contribution in [2.45, 2.75) is 37.5 Å². The minimum absolute atomic E-state index is 0.0306. The van der Waals surface area contributed by atoms with E-state index in [1.165, 1.54) is 0 Å². The number of ketones is 1. The highest BCUT2D eigenvalue weighted by atomic mass is 35.5. The van der Waals surface area contributed by atoms with E-state index in [2.05, 4.69) is 13.8 Å². The topological polar surface area (TPSA) is 64.4 Å². The van der Waals surface area contributed by atoms with Crippen LogP contribution in [0, 0.1) is 10.8 Å². The molecule has 1 aliphatic heterocycles. The van der Waals surface area contributed by atoms with Crippen molar-refractivity contribution in [1.82, 2.24) is 0 Å². The van der Waals surface area contributed by atoms with Gasteiger partial charge in [0.25, 0.3) is 0 Å². The highest BCUT2D eigenvalue weighted by Gasteiger charge is 2.46. The van der Waals surface area contributed by atoms with E-state index in [1.54, 1.807) is 53.1 Å². The molecule has 0 aromatic heterocycles. The van der Waals surface area contributed by atoms with Crippen LogP contribution in [0.2, 0.25) is 10.0 Å². The summed E-state index contributed by atoms with van der Waals surface area (Å²) in [5, 5.41) is 22.4. The molecule has 0 saturated carbocycles. The lowest BCUT2D eigenvalue weighted by Gasteiger charge is -2.45. The van der Waals surface area contributed by atoms with Gasteiger partial charge in [-0.3, -0.25) is 15.1 Å². The summed E-state index contributed by atoms with van der Waals surface area (Å²) < 4.78 is 0. The molecule has 7 heteroatoms. The molecule has 4 nitrogen and oxygen atoms in total. The number of rotatable bonds is 4. The summed E-state index contributed by atoms with van der Waals surface area (Å²) >= 11 is 14.0. The molecule has 5 rings (SSSR count). The fraction of sp³-hybridized carbons (Fsp3) is 0.226. The van der Waals surface area contributed by atoms with Gasteiger partial charge in [-0.15, -0.1) is 11.8 Å². The first-order valence-corrected chi connectivity index (χ1v) is 14.3. The van der Waals surface area contributed by atoms with Crippen LogP contribution in [0.15, 0.2) is 94.5 Å². The maximum atomic E-state index is 13.9. The zero-order valence-corrected chi connectivity index (χ0v) is 23.7.